The molecule has 0 radical (unpaired) electrons. The van der Waals surface area contributed by atoms with Gasteiger partial charge in [-0.2, -0.15) is 5.10 Å². The lowest BCUT2D eigenvalue weighted by atomic mass is 10.1. The molecule has 2 heterocycles. The summed E-state index contributed by atoms with van der Waals surface area (Å²) in [6, 6.07) is 0.430. The molecule has 2 N–H and O–H groups in total. The Morgan fingerprint density at radius 2 is 2.00 bits per heavy atom. The molecular formula is C11H22Cl2N4. The van der Waals surface area contributed by atoms with Crippen molar-refractivity contribution in [1.82, 2.24) is 14.7 Å². The van der Waals surface area contributed by atoms with Crippen LogP contribution >= 0.6 is 24.8 Å². The van der Waals surface area contributed by atoms with Gasteiger partial charge in [0.15, 0.2) is 0 Å². The van der Waals surface area contributed by atoms with Crippen LogP contribution in [-0.2, 0) is 13.5 Å². The van der Waals surface area contributed by atoms with Crippen molar-refractivity contribution < 1.29 is 0 Å². The average molecular weight is 281 g/mol. The summed E-state index contributed by atoms with van der Waals surface area (Å²) in [4.78, 5) is 2.50. The summed E-state index contributed by atoms with van der Waals surface area (Å²) in [5, 5.41) is 4.17. The largest absolute Gasteiger partial charge is 0.328 e. The van der Waals surface area contributed by atoms with E-state index >= 15 is 0 Å². The second-order valence-corrected chi connectivity index (χ2v) is 4.45. The van der Waals surface area contributed by atoms with E-state index in [1.807, 2.05) is 17.9 Å². The van der Waals surface area contributed by atoms with Crippen LogP contribution in [0, 0.1) is 0 Å². The molecule has 1 fully saturated rings. The maximum atomic E-state index is 5.87. The molecule has 0 unspecified atom stereocenters. The number of rotatable bonds is 3. The van der Waals surface area contributed by atoms with Gasteiger partial charge in [0.05, 0.1) is 6.20 Å². The van der Waals surface area contributed by atoms with Gasteiger partial charge in [-0.15, -0.1) is 24.8 Å². The summed E-state index contributed by atoms with van der Waals surface area (Å²) in [6.45, 7) is 3.45. The van der Waals surface area contributed by atoms with Gasteiger partial charge in [-0.1, -0.05) is 0 Å². The van der Waals surface area contributed by atoms with Crippen molar-refractivity contribution in [3.63, 3.8) is 0 Å². The van der Waals surface area contributed by atoms with Crippen LogP contribution in [0.25, 0.3) is 0 Å². The van der Waals surface area contributed by atoms with Crippen molar-refractivity contribution in [2.24, 2.45) is 12.8 Å². The third-order valence-electron chi connectivity index (χ3n) is 3.11. The number of aromatic nitrogens is 2. The second-order valence-electron chi connectivity index (χ2n) is 4.45. The van der Waals surface area contributed by atoms with E-state index in [1.165, 1.54) is 5.56 Å². The summed E-state index contributed by atoms with van der Waals surface area (Å²) < 4.78 is 1.86. The van der Waals surface area contributed by atoms with Crippen LogP contribution in [0.2, 0.25) is 0 Å². The van der Waals surface area contributed by atoms with Gasteiger partial charge in [0.2, 0.25) is 0 Å². The molecule has 1 aliphatic heterocycles. The Kier molecular flexibility index (Phi) is 7.79. The highest BCUT2D eigenvalue weighted by Crippen LogP contribution is 2.09. The van der Waals surface area contributed by atoms with Crippen molar-refractivity contribution in [2.45, 2.75) is 25.3 Å². The zero-order valence-electron chi connectivity index (χ0n) is 10.2. The summed E-state index contributed by atoms with van der Waals surface area (Å²) in [5.74, 6) is 0. The fourth-order valence-corrected chi connectivity index (χ4v) is 2.06. The molecule has 0 amide bonds. The van der Waals surface area contributed by atoms with Gasteiger partial charge in [0.1, 0.15) is 0 Å². The Morgan fingerprint density at radius 3 is 2.53 bits per heavy atom. The topological polar surface area (TPSA) is 47.1 Å². The summed E-state index contributed by atoms with van der Waals surface area (Å²) in [5.41, 5.74) is 7.19. The first-order valence-electron chi connectivity index (χ1n) is 5.69. The minimum atomic E-state index is 0. The Balaban J connectivity index is 0.00000128. The highest BCUT2D eigenvalue weighted by Gasteiger charge is 2.15. The van der Waals surface area contributed by atoms with E-state index < -0.39 is 0 Å². The number of piperidine rings is 1. The Morgan fingerprint density at radius 1 is 1.35 bits per heavy atom. The van der Waals surface area contributed by atoms with E-state index in [-0.39, 0.29) is 24.8 Å². The monoisotopic (exact) mass is 280 g/mol. The standard InChI is InChI=1S/C11H20N4.2ClH/c1-14-9-10(8-13-14)2-5-15-6-3-11(12)4-7-15;;/h8-9,11H,2-7,12H2,1H3;2*1H. The molecule has 1 aromatic rings. The minimum absolute atomic E-state index is 0. The van der Waals surface area contributed by atoms with Gasteiger partial charge in [0.25, 0.3) is 0 Å². The predicted molar refractivity (Wildman–Crippen MR) is 75.1 cm³/mol. The molecule has 0 bridgehead atoms. The van der Waals surface area contributed by atoms with E-state index in [0.29, 0.717) is 6.04 Å². The summed E-state index contributed by atoms with van der Waals surface area (Å²) in [6.07, 6.45) is 7.44. The molecule has 0 saturated carbocycles. The van der Waals surface area contributed by atoms with Gasteiger partial charge in [-0.3, -0.25) is 4.68 Å². The molecule has 0 aliphatic carbocycles. The van der Waals surface area contributed by atoms with E-state index in [4.69, 9.17) is 5.73 Å². The molecular weight excluding hydrogens is 259 g/mol. The van der Waals surface area contributed by atoms with E-state index in [2.05, 4.69) is 16.2 Å². The van der Waals surface area contributed by atoms with Gasteiger partial charge in [-0.05, 0) is 37.9 Å². The lowest BCUT2D eigenvalue weighted by Crippen LogP contribution is -2.40. The fourth-order valence-electron chi connectivity index (χ4n) is 2.06. The van der Waals surface area contributed by atoms with Crippen LogP contribution in [0.1, 0.15) is 18.4 Å². The third kappa shape index (κ3) is 5.25. The molecule has 2 rings (SSSR count). The van der Waals surface area contributed by atoms with Gasteiger partial charge in [-0.25, -0.2) is 0 Å². The summed E-state index contributed by atoms with van der Waals surface area (Å²) in [7, 11) is 1.96. The van der Waals surface area contributed by atoms with Crippen molar-refractivity contribution in [3.8, 4) is 0 Å². The Hall–Kier alpha value is -0.290. The van der Waals surface area contributed by atoms with Crippen LogP contribution < -0.4 is 5.73 Å². The van der Waals surface area contributed by atoms with Crippen molar-refractivity contribution >= 4 is 24.8 Å². The van der Waals surface area contributed by atoms with E-state index in [1.54, 1.807) is 0 Å². The first-order valence-corrected chi connectivity index (χ1v) is 5.69. The molecule has 0 spiro atoms. The molecule has 17 heavy (non-hydrogen) atoms. The normalized spacial score (nSPS) is 17.3. The van der Waals surface area contributed by atoms with Gasteiger partial charge >= 0.3 is 0 Å². The van der Waals surface area contributed by atoms with Crippen LogP contribution in [0.4, 0.5) is 0 Å². The number of nitrogens with two attached hydrogens (primary N) is 1. The van der Waals surface area contributed by atoms with Gasteiger partial charge < -0.3 is 10.6 Å². The zero-order chi connectivity index (χ0) is 10.7. The summed E-state index contributed by atoms with van der Waals surface area (Å²) >= 11 is 0. The number of hydrogen-bond donors (Lipinski definition) is 1. The fraction of sp³-hybridized carbons (Fsp3) is 0.727. The lowest BCUT2D eigenvalue weighted by Gasteiger charge is -2.29. The van der Waals surface area contributed by atoms with Crippen LogP contribution in [0.5, 0.6) is 0 Å². The molecule has 0 atom stereocenters. The Bertz CT molecular complexity index is 308. The molecule has 1 aromatic heterocycles. The molecule has 1 aliphatic rings. The van der Waals surface area contributed by atoms with Crippen molar-refractivity contribution in [2.75, 3.05) is 19.6 Å². The predicted octanol–water partition coefficient (Wildman–Crippen LogP) is 1.23. The second kappa shape index (κ2) is 7.93. The van der Waals surface area contributed by atoms with Crippen LogP contribution in [0.15, 0.2) is 12.4 Å². The number of halogens is 2. The first-order chi connectivity index (χ1) is 7.24. The highest BCUT2D eigenvalue weighted by atomic mass is 35.5. The third-order valence-corrected chi connectivity index (χ3v) is 3.11. The molecule has 100 valence electrons. The lowest BCUT2D eigenvalue weighted by molar-refractivity contribution is 0.215. The average Bonchev–Trinajstić information content (AvgIpc) is 2.64. The van der Waals surface area contributed by atoms with Crippen molar-refractivity contribution in [1.29, 1.82) is 0 Å². The molecule has 1 saturated heterocycles. The number of likely N-dealkylation sites (tertiary alicyclic amines) is 1. The minimum Gasteiger partial charge on any atom is -0.328 e. The number of aryl methyl sites for hydroxylation is 1. The first kappa shape index (κ1) is 16.7. The van der Waals surface area contributed by atoms with Crippen molar-refractivity contribution in [3.05, 3.63) is 18.0 Å². The molecule has 6 heteroatoms. The highest BCUT2D eigenvalue weighted by molar-refractivity contribution is 5.85. The van der Waals surface area contributed by atoms with Gasteiger partial charge in [0, 0.05) is 25.8 Å². The molecule has 0 aromatic carbocycles. The quantitative estimate of drug-likeness (QED) is 0.906. The maximum Gasteiger partial charge on any atom is 0.0522 e. The number of hydrogen-bond acceptors (Lipinski definition) is 3. The maximum absolute atomic E-state index is 5.87. The van der Waals surface area contributed by atoms with Crippen LogP contribution in [0.3, 0.4) is 0 Å². The zero-order valence-corrected chi connectivity index (χ0v) is 11.8. The number of nitrogens with zero attached hydrogens (tertiary/aromatic N) is 3. The van der Waals surface area contributed by atoms with Crippen LogP contribution in [-0.4, -0.2) is 40.4 Å². The Labute approximate surface area is 115 Å². The van der Waals surface area contributed by atoms with E-state index in [9.17, 15) is 0 Å². The van der Waals surface area contributed by atoms with E-state index in [0.717, 1.165) is 38.9 Å². The smallest absolute Gasteiger partial charge is 0.0522 e. The SMILES string of the molecule is Cl.Cl.Cn1cc(CCN2CCC(N)CC2)cn1. The molecule has 4 nitrogen and oxygen atoms in total.